The van der Waals surface area contributed by atoms with Gasteiger partial charge in [-0.25, -0.2) is 0 Å². The minimum Gasteiger partial charge on any atom is -1.00 e. The molecule has 0 rings (SSSR count). The molecule has 0 atom stereocenters. The fourth-order valence-corrected chi connectivity index (χ4v) is 0. The zero-order chi connectivity index (χ0) is 3.58. The molecule has 0 saturated carbocycles. The summed E-state index contributed by atoms with van der Waals surface area (Å²) in [6.45, 7) is 0. The minimum atomic E-state index is -2.92. The van der Waals surface area contributed by atoms with Crippen LogP contribution in [-0.4, -0.2) is 7.32 Å². The van der Waals surface area contributed by atoms with Crippen LogP contribution in [0.1, 0.15) is 4.28 Å². The van der Waals surface area contributed by atoms with Gasteiger partial charge in [-0.3, -0.25) is 7.32 Å². The molecular weight excluding hydrogens is 245 g/mol. The third kappa shape index (κ3) is 56.7. The van der Waals surface area contributed by atoms with Crippen molar-refractivity contribution in [3.8, 4) is 0 Å². The van der Waals surface area contributed by atoms with Gasteiger partial charge in [0, 0.05) is 0 Å². The zero-order valence-corrected chi connectivity index (χ0v) is 23.2. The summed E-state index contributed by atoms with van der Waals surface area (Å²) < 4.78 is 0. The van der Waals surface area contributed by atoms with E-state index in [1.165, 1.54) is 0 Å². The standard InChI is InChI=1S/BO3.3K.3Na.3H/c2-1(3)4;;;;;;;;;/q-3;6*+1;3*-1. The molecule has 0 aromatic heterocycles. The van der Waals surface area contributed by atoms with Crippen molar-refractivity contribution in [1.29, 1.82) is 0 Å². The second kappa shape index (κ2) is 36.0. The van der Waals surface area contributed by atoms with E-state index in [9.17, 15) is 0 Å². The number of hydrogen-bond donors (Lipinski definition) is 0. The van der Waals surface area contributed by atoms with Gasteiger partial charge >= 0.3 is 243 Å². The Morgan fingerprint density at radius 1 is 0.700 bits per heavy atom. The first-order chi connectivity index (χ1) is 1.73. The quantitative estimate of drug-likeness (QED) is 0.400. The van der Waals surface area contributed by atoms with Crippen molar-refractivity contribution in [2.45, 2.75) is 0 Å². The Bertz CT molecular complexity index is 33.8. The van der Waals surface area contributed by atoms with E-state index in [0.29, 0.717) is 0 Å². The molecule has 0 spiro atoms. The Labute approximate surface area is 260 Å². The van der Waals surface area contributed by atoms with Gasteiger partial charge in [0.25, 0.3) is 0 Å². The van der Waals surface area contributed by atoms with Crippen molar-refractivity contribution in [1.82, 2.24) is 0 Å². The van der Waals surface area contributed by atoms with Gasteiger partial charge in [-0.15, -0.1) is 0 Å². The molecular formula is H3BK3Na3O3. The zero-order valence-electron chi connectivity index (χ0n) is 10.8. The molecule has 10 heteroatoms. The monoisotopic (exact) mass is 248 g/mol. The molecule has 3 nitrogen and oxygen atoms in total. The largest absolute Gasteiger partial charge is 1.00 e. The molecule has 0 aromatic rings. The van der Waals surface area contributed by atoms with Crippen molar-refractivity contribution >= 4 is 7.32 Å². The Morgan fingerprint density at radius 2 is 0.700 bits per heavy atom. The molecule has 0 N–H and O–H groups in total. The molecule has 30 valence electrons. The van der Waals surface area contributed by atoms with Crippen molar-refractivity contribution in [2.24, 2.45) is 0 Å². The Hall–Kier alpha value is 7.85. The summed E-state index contributed by atoms with van der Waals surface area (Å²) in [6.07, 6.45) is 0. The summed E-state index contributed by atoms with van der Waals surface area (Å²) in [5, 5.41) is 25.2. The first-order valence-electron chi connectivity index (χ1n) is 0.707. The average Bonchev–Trinajstić information content (AvgIpc) is 0.811. The molecule has 0 aliphatic carbocycles. The molecule has 0 fully saturated rings. The van der Waals surface area contributed by atoms with Gasteiger partial charge < -0.3 is 19.4 Å². The average molecular weight is 248 g/mol. The van der Waals surface area contributed by atoms with Crippen LogP contribution in [0.15, 0.2) is 0 Å². The molecule has 0 aromatic carbocycles. The third-order valence-electron chi connectivity index (χ3n) is 0. The van der Waals surface area contributed by atoms with Gasteiger partial charge in [0.2, 0.25) is 0 Å². The summed E-state index contributed by atoms with van der Waals surface area (Å²) in [6, 6.07) is 0. The van der Waals surface area contributed by atoms with Crippen LogP contribution in [-0.2, 0) is 0 Å². The maximum Gasteiger partial charge on any atom is 1.00 e. The molecule has 0 bridgehead atoms. The maximum atomic E-state index is 8.42. The van der Waals surface area contributed by atoms with Crippen LogP contribution >= 0.6 is 0 Å². The summed E-state index contributed by atoms with van der Waals surface area (Å²) in [5.74, 6) is 0. The van der Waals surface area contributed by atoms with E-state index in [1.54, 1.807) is 0 Å². The van der Waals surface area contributed by atoms with Crippen LogP contribution in [0, 0.1) is 0 Å². The predicted octanol–water partition coefficient (Wildman–Crippen LogP) is -21.6. The smallest absolute Gasteiger partial charge is 1.00 e. The topological polar surface area (TPSA) is 69.2 Å². The first-order valence-corrected chi connectivity index (χ1v) is 0.707. The van der Waals surface area contributed by atoms with Crippen LogP contribution in [0.4, 0.5) is 0 Å². The second-order valence-corrected chi connectivity index (χ2v) is 0.289. The summed E-state index contributed by atoms with van der Waals surface area (Å²) in [4.78, 5) is 0. The molecule has 0 aliphatic rings. The Morgan fingerprint density at radius 3 is 0.700 bits per heavy atom. The van der Waals surface area contributed by atoms with Crippen LogP contribution in [0.25, 0.3) is 0 Å². The van der Waals surface area contributed by atoms with Gasteiger partial charge in [-0.1, -0.05) is 0 Å². The Kier molecular flexibility index (Phi) is 155. The van der Waals surface area contributed by atoms with Gasteiger partial charge in [-0.2, -0.15) is 0 Å². The van der Waals surface area contributed by atoms with Crippen molar-refractivity contribution < 1.29 is 262 Å². The molecule has 0 radical (unpaired) electrons. The predicted molar refractivity (Wildman–Crippen MR) is 9.09 cm³/mol. The van der Waals surface area contributed by atoms with Crippen LogP contribution < -0.4 is 258 Å². The van der Waals surface area contributed by atoms with Gasteiger partial charge in [0.1, 0.15) is 0 Å². The third-order valence-corrected chi connectivity index (χ3v) is 0. The summed E-state index contributed by atoms with van der Waals surface area (Å²) in [5.41, 5.74) is 0. The summed E-state index contributed by atoms with van der Waals surface area (Å²) >= 11 is 0. The van der Waals surface area contributed by atoms with Gasteiger partial charge in [-0.05, 0) is 0 Å². The number of hydrogen-bond acceptors (Lipinski definition) is 3. The maximum absolute atomic E-state index is 8.42. The van der Waals surface area contributed by atoms with E-state index < -0.39 is 7.32 Å². The van der Waals surface area contributed by atoms with E-state index in [2.05, 4.69) is 0 Å². The molecule has 0 aliphatic heterocycles. The molecule has 0 heterocycles. The second-order valence-electron chi connectivity index (χ2n) is 0.289. The SMILES string of the molecule is [H-].[H-].[H-].[K+].[K+].[K+].[Na+].[Na+].[Na+].[O-]B([O-])[O-]. The molecule has 0 amide bonds. The molecule has 10 heavy (non-hydrogen) atoms. The fourth-order valence-electron chi connectivity index (χ4n) is 0. The normalized spacial score (nSPS) is 2.70. The van der Waals surface area contributed by atoms with Crippen molar-refractivity contribution in [3.63, 3.8) is 0 Å². The minimum absolute atomic E-state index is 0. The fraction of sp³-hybridized carbons (Fsp3) is 0. The molecule has 0 saturated heterocycles. The Balaban J connectivity index is -0.00000000125. The van der Waals surface area contributed by atoms with Crippen molar-refractivity contribution in [3.05, 3.63) is 0 Å². The van der Waals surface area contributed by atoms with E-state index in [4.69, 9.17) is 15.1 Å². The number of rotatable bonds is 0. The van der Waals surface area contributed by atoms with Gasteiger partial charge in [0.05, 0.1) is 0 Å². The van der Waals surface area contributed by atoms with E-state index >= 15 is 0 Å². The van der Waals surface area contributed by atoms with Gasteiger partial charge in [0.15, 0.2) is 0 Å². The van der Waals surface area contributed by atoms with Crippen LogP contribution in [0.2, 0.25) is 0 Å². The van der Waals surface area contributed by atoms with E-state index in [1.807, 2.05) is 0 Å². The van der Waals surface area contributed by atoms with E-state index in [-0.39, 0.29) is 247 Å². The summed E-state index contributed by atoms with van der Waals surface area (Å²) in [7, 11) is -2.92. The van der Waals surface area contributed by atoms with Crippen LogP contribution in [0.3, 0.4) is 0 Å². The van der Waals surface area contributed by atoms with Crippen LogP contribution in [0.5, 0.6) is 0 Å². The van der Waals surface area contributed by atoms with E-state index in [0.717, 1.165) is 0 Å². The van der Waals surface area contributed by atoms with Crippen molar-refractivity contribution in [2.75, 3.05) is 0 Å². The molecule has 0 unspecified atom stereocenters. The first kappa shape index (κ1) is 43.0.